The molecule has 0 saturated carbocycles. The molecule has 3 fully saturated rings. The lowest BCUT2D eigenvalue weighted by molar-refractivity contribution is -0.130. The summed E-state index contributed by atoms with van der Waals surface area (Å²) < 4.78 is 0. The number of nitrogens with one attached hydrogen (secondary N) is 2. The third kappa shape index (κ3) is 2.28. The molecular formula is C14H25N3O. The molecule has 3 atom stereocenters. The summed E-state index contributed by atoms with van der Waals surface area (Å²) in [5, 5.41) is 6.61. The van der Waals surface area contributed by atoms with Crippen LogP contribution in [0, 0.1) is 5.41 Å². The maximum atomic E-state index is 12.4. The zero-order chi connectivity index (χ0) is 12.6. The standard InChI is InChI=1S/C14H25N3O/c1-14(5-6-15-10-14)13(18)16-11-4-8-17-7-2-3-12(17)9-11/h11-12,15H,2-10H2,1H3,(H,16,18). The van der Waals surface area contributed by atoms with Crippen molar-refractivity contribution in [3.63, 3.8) is 0 Å². The van der Waals surface area contributed by atoms with Gasteiger partial charge in [0.1, 0.15) is 0 Å². The van der Waals surface area contributed by atoms with Crippen molar-refractivity contribution in [3.8, 4) is 0 Å². The van der Waals surface area contributed by atoms with Crippen molar-refractivity contribution in [1.29, 1.82) is 0 Å². The first-order valence-electron chi connectivity index (χ1n) is 7.43. The predicted molar refractivity (Wildman–Crippen MR) is 71.4 cm³/mol. The van der Waals surface area contributed by atoms with E-state index in [0.29, 0.717) is 6.04 Å². The smallest absolute Gasteiger partial charge is 0.227 e. The van der Waals surface area contributed by atoms with Crippen molar-refractivity contribution < 1.29 is 4.79 Å². The van der Waals surface area contributed by atoms with Crippen molar-refractivity contribution in [1.82, 2.24) is 15.5 Å². The lowest BCUT2D eigenvalue weighted by atomic mass is 9.87. The van der Waals surface area contributed by atoms with Crippen LogP contribution in [0.2, 0.25) is 0 Å². The minimum absolute atomic E-state index is 0.174. The molecule has 0 bridgehead atoms. The fraction of sp³-hybridized carbons (Fsp3) is 0.929. The summed E-state index contributed by atoms with van der Waals surface area (Å²) in [7, 11) is 0. The van der Waals surface area contributed by atoms with Gasteiger partial charge in [0.25, 0.3) is 0 Å². The number of rotatable bonds is 2. The lowest BCUT2D eigenvalue weighted by Crippen LogP contribution is -2.51. The Balaban J connectivity index is 1.55. The number of fused-ring (bicyclic) bond motifs is 1. The average molecular weight is 251 g/mol. The van der Waals surface area contributed by atoms with Crippen LogP contribution in [-0.2, 0) is 4.79 Å². The maximum Gasteiger partial charge on any atom is 0.227 e. The molecule has 3 rings (SSSR count). The van der Waals surface area contributed by atoms with Crippen LogP contribution < -0.4 is 10.6 Å². The lowest BCUT2D eigenvalue weighted by Gasteiger charge is -2.36. The van der Waals surface area contributed by atoms with Crippen molar-refractivity contribution in [2.75, 3.05) is 26.2 Å². The Morgan fingerprint density at radius 1 is 1.39 bits per heavy atom. The van der Waals surface area contributed by atoms with E-state index < -0.39 is 0 Å². The molecule has 3 unspecified atom stereocenters. The Labute approximate surface area is 109 Å². The normalized spacial score (nSPS) is 40.7. The Morgan fingerprint density at radius 3 is 3.06 bits per heavy atom. The van der Waals surface area contributed by atoms with Crippen LogP contribution in [0.1, 0.15) is 39.0 Å². The summed E-state index contributed by atoms with van der Waals surface area (Å²) in [6.07, 6.45) is 5.93. The minimum Gasteiger partial charge on any atom is -0.353 e. The van der Waals surface area contributed by atoms with E-state index in [1.54, 1.807) is 0 Å². The quantitative estimate of drug-likeness (QED) is 0.760. The molecule has 4 heteroatoms. The van der Waals surface area contributed by atoms with Crippen LogP contribution in [0.4, 0.5) is 0 Å². The van der Waals surface area contributed by atoms with E-state index in [9.17, 15) is 4.79 Å². The molecule has 3 heterocycles. The van der Waals surface area contributed by atoms with Crippen molar-refractivity contribution in [3.05, 3.63) is 0 Å². The van der Waals surface area contributed by atoms with Crippen molar-refractivity contribution in [2.24, 2.45) is 5.41 Å². The van der Waals surface area contributed by atoms with Gasteiger partial charge in [-0.2, -0.15) is 0 Å². The molecule has 4 nitrogen and oxygen atoms in total. The van der Waals surface area contributed by atoms with E-state index in [1.807, 2.05) is 0 Å². The zero-order valence-corrected chi connectivity index (χ0v) is 11.4. The SMILES string of the molecule is CC1(C(=O)NC2CCN3CCCC3C2)CCNC1. The molecule has 0 aromatic rings. The Morgan fingerprint density at radius 2 is 2.28 bits per heavy atom. The second-order valence-electron chi connectivity index (χ2n) is 6.51. The predicted octanol–water partition coefficient (Wildman–Crippen LogP) is 0.729. The van der Waals surface area contributed by atoms with Crippen LogP contribution in [0.25, 0.3) is 0 Å². The van der Waals surface area contributed by atoms with E-state index in [2.05, 4.69) is 22.5 Å². The average Bonchev–Trinajstić information content (AvgIpc) is 2.98. The van der Waals surface area contributed by atoms with Crippen molar-refractivity contribution >= 4 is 5.91 Å². The molecular weight excluding hydrogens is 226 g/mol. The summed E-state index contributed by atoms with van der Waals surface area (Å²) in [4.78, 5) is 15.0. The van der Waals surface area contributed by atoms with Gasteiger partial charge in [0.05, 0.1) is 5.41 Å². The third-order valence-corrected chi connectivity index (χ3v) is 5.07. The number of hydrogen-bond donors (Lipinski definition) is 2. The highest BCUT2D eigenvalue weighted by molar-refractivity contribution is 5.83. The van der Waals surface area contributed by atoms with Crippen LogP contribution >= 0.6 is 0 Å². The van der Waals surface area contributed by atoms with Gasteiger partial charge in [0.15, 0.2) is 0 Å². The zero-order valence-electron chi connectivity index (χ0n) is 11.4. The topological polar surface area (TPSA) is 44.4 Å². The highest BCUT2D eigenvalue weighted by Crippen LogP contribution is 2.29. The molecule has 0 radical (unpaired) electrons. The summed E-state index contributed by atoms with van der Waals surface area (Å²) in [5.74, 6) is 0.268. The number of amides is 1. The highest BCUT2D eigenvalue weighted by atomic mass is 16.2. The van der Waals surface area contributed by atoms with Gasteiger partial charge >= 0.3 is 0 Å². The van der Waals surface area contributed by atoms with Gasteiger partial charge in [-0.1, -0.05) is 0 Å². The van der Waals surface area contributed by atoms with Crippen LogP contribution in [0.5, 0.6) is 0 Å². The molecule has 2 N–H and O–H groups in total. The summed E-state index contributed by atoms with van der Waals surface area (Å²) >= 11 is 0. The second kappa shape index (κ2) is 4.82. The molecule has 0 spiro atoms. The van der Waals surface area contributed by atoms with Gasteiger partial charge in [0, 0.05) is 25.2 Å². The van der Waals surface area contributed by atoms with Gasteiger partial charge in [-0.25, -0.2) is 0 Å². The van der Waals surface area contributed by atoms with Crippen molar-refractivity contribution in [2.45, 2.75) is 51.1 Å². The summed E-state index contributed by atoms with van der Waals surface area (Å²) in [6, 6.07) is 1.15. The Kier molecular flexibility index (Phi) is 3.32. The largest absolute Gasteiger partial charge is 0.353 e. The summed E-state index contributed by atoms with van der Waals surface area (Å²) in [5.41, 5.74) is -0.174. The molecule has 1 amide bonds. The van der Waals surface area contributed by atoms with E-state index >= 15 is 0 Å². The van der Waals surface area contributed by atoms with Crippen LogP contribution in [0.15, 0.2) is 0 Å². The van der Waals surface area contributed by atoms with Crippen LogP contribution in [-0.4, -0.2) is 49.1 Å². The maximum absolute atomic E-state index is 12.4. The fourth-order valence-corrected chi connectivity index (χ4v) is 3.73. The van der Waals surface area contributed by atoms with Gasteiger partial charge < -0.3 is 15.5 Å². The van der Waals surface area contributed by atoms with E-state index in [0.717, 1.165) is 38.4 Å². The monoisotopic (exact) mass is 251 g/mol. The molecule has 0 aromatic heterocycles. The Bertz CT molecular complexity index is 325. The highest BCUT2D eigenvalue weighted by Gasteiger charge is 2.39. The number of carbonyl (C=O) groups is 1. The number of piperidine rings is 1. The fourth-order valence-electron chi connectivity index (χ4n) is 3.73. The van der Waals surface area contributed by atoms with Crippen LogP contribution in [0.3, 0.4) is 0 Å². The molecule has 0 aliphatic carbocycles. The first-order valence-corrected chi connectivity index (χ1v) is 7.43. The second-order valence-corrected chi connectivity index (χ2v) is 6.51. The molecule has 18 heavy (non-hydrogen) atoms. The van der Waals surface area contributed by atoms with Gasteiger partial charge in [-0.05, 0) is 52.1 Å². The molecule has 3 saturated heterocycles. The molecule has 102 valence electrons. The third-order valence-electron chi connectivity index (χ3n) is 5.07. The van der Waals surface area contributed by atoms with E-state index in [4.69, 9.17) is 0 Å². The molecule has 3 aliphatic heterocycles. The minimum atomic E-state index is -0.174. The van der Waals surface area contributed by atoms with Gasteiger partial charge in [-0.3, -0.25) is 4.79 Å². The van der Waals surface area contributed by atoms with Gasteiger partial charge in [-0.15, -0.1) is 0 Å². The van der Waals surface area contributed by atoms with E-state index in [-0.39, 0.29) is 11.3 Å². The van der Waals surface area contributed by atoms with E-state index in [1.165, 1.54) is 25.9 Å². The first kappa shape index (κ1) is 12.4. The molecule has 0 aromatic carbocycles. The Hall–Kier alpha value is -0.610. The number of carbonyl (C=O) groups excluding carboxylic acids is 1. The van der Waals surface area contributed by atoms with Gasteiger partial charge in [0.2, 0.25) is 5.91 Å². The number of nitrogens with zero attached hydrogens (tertiary/aromatic N) is 1. The number of hydrogen-bond acceptors (Lipinski definition) is 3. The first-order chi connectivity index (χ1) is 8.67. The molecule has 3 aliphatic rings. The summed E-state index contributed by atoms with van der Waals surface area (Å²) in [6.45, 7) is 6.34.